The van der Waals surface area contributed by atoms with Crippen LogP contribution in [0.3, 0.4) is 0 Å². The molecular formula is C14H23F3N2O2. The highest BCUT2D eigenvalue weighted by Crippen LogP contribution is 2.42. The first-order chi connectivity index (χ1) is 9.74. The summed E-state index contributed by atoms with van der Waals surface area (Å²) in [6.07, 6.45) is -3.30. The van der Waals surface area contributed by atoms with Gasteiger partial charge in [-0.2, -0.15) is 13.2 Å². The van der Waals surface area contributed by atoms with Gasteiger partial charge in [-0.05, 0) is 52.7 Å². The number of alkyl halides is 3. The van der Waals surface area contributed by atoms with Crippen LogP contribution in [0.25, 0.3) is 0 Å². The van der Waals surface area contributed by atoms with E-state index in [4.69, 9.17) is 4.74 Å². The molecule has 0 aromatic rings. The van der Waals surface area contributed by atoms with E-state index < -0.39 is 18.2 Å². The van der Waals surface area contributed by atoms with E-state index in [1.54, 1.807) is 0 Å². The molecule has 2 aliphatic rings. The lowest BCUT2D eigenvalue weighted by molar-refractivity contribution is -0.216. The smallest absolute Gasteiger partial charge is 0.454 e. The van der Waals surface area contributed by atoms with E-state index in [1.807, 2.05) is 13.8 Å². The normalized spacial score (nSPS) is 27.0. The number of piperidine rings is 2. The van der Waals surface area contributed by atoms with Crippen LogP contribution in [0.2, 0.25) is 0 Å². The van der Waals surface area contributed by atoms with Crippen molar-refractivity contribution in [3.8, 4) is 0 Å². The molecule has 2 saturated heterocycles. The maximum atomic E-state index is 12.5. The number of esters is 1. The average molecular weight is 308 g/mol. The third-order valence-corrected chi connectivity index (χ3v) is 4.79. The number of ether oxygens (including phenoxy) is 1. The lowest BCUT2D eigenvalue weighted by Crippen LogP contribution is -2.58. The summed E-state index contributed by atoms with van der Waals surface area (Å²) in [4.78, 5) is 13.3. The number of hydrogen-bond acceptors (Lipinski definition) is 4. The summed E-state index contributed by atoms with van der Waals surface area (Å²) in [7, 11) is 0. The van der Waals surface area contributed by atoms with Gasteiger partial charge in [-0.1, -0.05) is 0 Å². The van der Waals surface area contributed by atoms with Gasteiger partial charge in [0, 0.05) is 18.0 Å². The second-order valence-electron chi connectivity index (χ2n) is 6.34. The highest BCUT2D eigenvalue weighted by molar-refractivity contribution is 5.75. The molecule has 1 unspecified atom stereocenters. The first-order valence-corrected chi connectivity index (χ1v) is 7.47. The summed E-state index contributed by atoms with van der Waals surface area (Å²) in [6.45, 7) is 6.77. The maximum absolute atomic E-state index is 12.5. The van der Waals surface area contributed by atoms with Crippen molar-refractivity contribution in [3.63, 3.8) is 0 Å². The van der Waals surface area contributed by atoms with E-state index in [2.05, 4.69) is 10.2 Å². The van der Waals surface area contributed by atoms with Gasteiger partial charge in [-0.25, -0.2) is 4.79 Å². The molecule has 1 N–H and O–H groups in total. The van der Waals surface area contributed by atoms with E-state index in [9.17, 15) is 18.0 Å². The van der Waals surface area contributed by atoms with Crippen LogP contribution in [-0.4, -0.2) is 55.4 Å². The molecule has 0 bridgehead atoms. The fourth-order valence-corrected chi connectivity index (χ4v) is 3.35. The standard InChI is InChI=1S/C14H23F3N2O2/c1-10(2)19-8-5-13(3-6-18-7-4-13)11(9-19)21-12(20)14(15,16)17/h10-11,18H,3-9H2,1-2H3. The zero-order valence-electron chi connectivity index (χ0n) is 12.5. The predicted octanol–water partition coefficient (Wildman–Crippen LogP) is 1.94. The SMILES string of the molecule is CC(C)N1CCC2(CCNCC2)C(OC(=O)C(F)(F)F)C1. The summed E-state index contributed by atoms with van der Waals surface area (Å²) in [5.41, 5.74) is -0.308. The molecule has 2 fully saturated rings. The second kappa shape index (κ2) is 6.12. The molecule has 0 radical (unpaired) electrons. The number of rotatable bonds is 2. The Bertz CT molecular complexity index is 379. The molecule has 7 heteroatoms. The molecule has 0 aromatic carbocycles. The number of carbonyl (C=O) groups is 1. The third kappa shape index (κ3) is 3.69. The molecule has 122 valence electrons. The lowest BCUT2D eigenvalue weighted by Gasteiger charge is -2.50. The largest absolute Gasteiger partial charge is 0.490 e. The van der Waals surface area contributed by atoms with Crippen LogP contribution in [0.5, 0.6) is 0 Å². The first-order valence-electron chi connectivity index (χ1n) is 7.47. The van der Waals surface area contributed by atoms with E-state index >= 15 is 0 Å². The minimum atomic E-state index is -4.92. The Morgan fingerprint density at radius 1 is 1.29 bits per heavy atom. The first kappa shape index (κ1) is 16.5. The second-order valence-corrected chi connectivity index (χ2v) is 6.34. The topological polar surface area (TPSA) is 41.6 Å². The highest BCUT2D eigenvalue weighted by Gasteiger charge is 2.50. The Hall–Kier alpha value is -0.820. The van der Waals surface area contributed by atoms with Crippen molar-refractivity contribution >= 4 is 5.97 Å². The molecule has 2 rings (SSSR count). The molecule has 4 nitrogen and oxygen atoms in total. The van der Waals surface area contributed by atoms with Crippen molar-refractivity contribution in [1.82, 2.24) is 10.2 Å². The monoisotopic (exact) mass is 308 g/mol. The Kier molecular flexibility index (Phi) is 4.82. The molecule has 0 aliphatic carbocycles. The van der Waals surface area contributed by atoms with Gasteiger partial charge in [0.05, 0.1) is 0 Å². The fraction of sp³-hybridized carbons (Fsp3) is 0.929. The molecule has 21 heavy (non-hydrogen) atoms. The molecule has 0 amide bonds. The maximum Gasteiger partial charge on any atom is 0.490 e. The van der Waals surface area contributed by atoms with Crippen molar-refractivity contribution in [3.05, 3.63) is 0 Å². The van der Waals surface area contributed by atoms with E-state index in [0.29, 0.717) is 6.54 Å². The summed E-state index contributed by atoms with van der Waals surface area (Å²) in [5.74, 6) is -2.06. The predicted molar refractivity (Wildman–Crippen MR) is 71.8 cm³/mol. The van der Waals surface area contributed by atoms with Crippen LogP contribution >= 0.6 is 0 Å². The third-order valence-electron chi connectivity index (χ3n) is 4.79. The van der Waals surface area contributed by atoms with Crippen LogP contribution in [0.15, 0.2) is 0 Å². The fourth-order valence-electron chi connectivity index (χ4n) is 3.35. The van der Waals surface area contributed by atoms with E-state index in [-0.39, 0.29) is 11.5 Å². The number of nitrogens with zero attached hydrogens (tertiary/aromatic N) is 1. The van der Waals surface area contributed by atoms with Gasteiger partial charge >= 0.3 is 12.1 Å². The Morgan fingerprint density at radius 3 is 2.43 bits per heavy atom. The highest BCUT2D eigenvalue weighted by atomic mass is 19.4. The summed E-state index contributed by atoms with van der Waals surface area (Å²) < 4.78 is 42.4. The van der Waals surface area contributed by atoms with Gasteiger partial charge < -0.3 is 10.1 Å². The Labute approximate surface area is 123 Å². The van der Waals surface area contributed by atoms with Crippen molar-refractivity contribution in [2.45, 2.75) is 51.4 Å². The zero-order chi connectivity index (χ0) is 15.7. The molecule has 0 saturated carbocycles. The molecule has 1 spiro atoms. The Balaban J connectivity index is 2.14. The van der Waals surface area contributed by atoms with Crippen molar-refractivity contribution in [2.24, 2.45) is 5.41 Å². The summed E-state index contributed by atoms with van der Waals surface area (Å²) >= 11 is 0. The van der Waals surface area contributed by atoms with E-state index in [1.165, 1.54) is 0 Å². The Morgan fingerprint density at radius 2 is 1.90 bits per heavy atom. The molecular weight excluding hydrogens is 285 g/mol. The number of nitrogens with one attached hydrogen (secondary N) is 1. The van der Waals surface area contributed by atoms with Gasteiger partial charge in [0.25, 0.3) is 0 Å². The quantitative estimate of drug-likeness (QED) is 0.792. The molecule has 0 aromatic heterocycles. The molecule has 2 aliphatic heterocycles. The van der Waals surface area contributed by atoms with Crippen LogP contribution in [0.4, 0.5) is 13.2 Å². The number of halogens is 3. The minimum Gasteiger partial charge on any atom is -0.454 e. The van der Waals surface area contributed by atoms with Crippen LogP contribution in [-0.2, 0) is 9.53 Å². The van der Waals surface area contributed by atoms with Crippen molar-refractivity contribution in [2.75, 3.05) is 26.2 Å². The number of likely N-dealkylation sites (tertiary alicyclic amines) is 1. The zero-order valence-corrected chi connectivity index (χ0v) is 12.5. The van der Waals surface area contributed by atoms with Crippen LogP contribution in [0, 0.1) is 5.41 Å². The van der Waals surface area contributed by atoms with Crippen molar-refractivity contribution < 1.29 is 22.7 Å². The lowest BCUT2D eigenvalue weighted by atomic mass is 9.69. The van der Waals surface area contributed by atoms with Gasteiger partial charge in [-0.15, -0.1) is 0 Å². The van der Waals surface area contributed by atoms with Crippen LogP contribution in [0.1, 0.15) is 33.1 Å². The van der Waals surface area contributed by atoms with Gasteiger partial charge in [-0.3, -0.25) is 4.90 Å². The van der Waals surface area contributed by atoms with Crippen molar-refractivity contribution in [1.29, 1.82) is 0 Å². The van der Waals surface area contributed by atoms with Gasteiger partial charge in [0.2, 0.25) is 0 Å². The van der Waals surface area contributed by atoms with Gasteiger partial charge in [0.15, 0.2) is 0 Å². The molecule has 2 heterocycles. The van der Waals surface area contributed by atoms with Crippen LogP contribution < -0.4 is 5.32 Å². The summed E-state index contributed by atoms with van der Waals surface area (Å²) in [6, 6.07) is 0.233. The van der Waals surface area contributed by atoms with E-state index in [0.717, 1.165) is 38.9 Å². The minimum absolute atomic E-state index is 0.233. The summed E-state index contributed by atoms with van der Waals surface area (Å²) in [5, 5.41) is 3.22. The number of hydrogen-bond donors (Lipinski definition) is 1. The average Bonchev–Trinajstić information content (AvgIpc) is 2.41. The van der Waals surface area contributed by atoms with Gasteiger partial charge in [0.1, 0.15) is 6.10 Å². The number of carbonyl (C=O) groups excluding carboxylic acids is 1. The molecule has 1 atom stereocenters.